The summed E-state index contributed by atoms with van der Waals surface area (Å²) in [4.78, 5) is 35.5. The number of esters is 2. The van der Waals surface area contributed by atoms with E-state index in [9.17, 15) is 14.4 Å². The molecule has 2 bridgehead atoms. The first-order valence-corrected chi connectivity index (χ1v) is 6.96. The summed E-state index contributed by atoms with van der Waals surface area (Å²) in [5.74, 6) is -2.13. The number of hydrogen-bond donors (Lipinski definition) is 1. The van der Waals surface area contributed by atoms with Crippen molar-refractivity contribution in [2.24, 2.45) is 17.3 Å². The maximum atomic E-state index is 12.0. The first kappa shape index (κ1) is 13.5. The molecule has 0 spiro atoms. The lowest BCUT2D eigenvalue weighted by atomic mass is 9.73. The van der Waals surface area contributed by atoms with Crippen LogP contribution in [0, 0.1) is 17.3 Å². The SMILES string of the molecule is CC(C)(C)C(=O)NCC12CCC(O1)C1C(=O)OC(=O)C12. The molecule has 3 fully saturated rings. The average molecular weight is 281 g/mol. The number of carbonyl (C=O) groups is 3. The summed E-state index contributed by atoms with van der Waals surface area (Å²) in [7, 11) is 0. The molecule has 0 radical (unpaired) electrons. The van der Waals surface area contributed by atoms with E-state index in [0.29, 0.717) is 6.42 Å². The van der Waals surface area contributed by atoms with Gasteiger partial charge in [0.1, 0.15) is 11.5 Å². The molecule has 0 saturated carbocycles. The molecule has 6 heteroatoms. The highest BCUT2D eigenvalue weighted by atomic mass is 16.6. The van der Waals surface area contributed by atoms with Gasteiger partial charge in [-0.25, -0.2) is 0 Å². The molecule has 4 atom stereocenters. The molecule has 0 aromatic rings. The first-order valence-electron chi connectivity index (χ1n) is 6.96. The number of ether oxygens (including phenoxy) is 2. The minimum Gasteiger partial charge on any atom is -0.393 e. The number of amides is 1. The summed E-state index contributed by atoms with van der Waals surface area (Å²) >= 11 is 0. The van der Waals surface area contributed by atoms with E-state index in [1.54, 1.807) is 0 Å². The van der Waals surface area contributed by atoms with Gasteiger partial charge in [-0.05, 0) is 12.8 Å². The Hall–Kier alpha value is -1.43. The Morgan fingerprint density at radius 2 is 2.05 bits per heavy atom. The summed E-state index contributed by atoms with van der Waals surface area (Å²) in [5.41, 5.74) is -1.27. The van der Waals surface area contributed by atoms with Gasteiger partial charge < -0.3 is 14.8 Å². The molecule has 1 amide bonds. The molecule has 3 aliphatic rings. The van der Waals surface area contributed by atoms with Crippen LogP contribution in [0.1, 0.15) is 33.6 Å². The third kappa shape index (κ3) is 1.78. The molecule has 0 aromatic carbocycles. The van der Waals surface area contributed by atoms with Gasteiger partial charge in [-0.1, -0.05) is 20.8 Å². The topological polar surface area (TPSA) is 81.7 Å². The fourth-order valence-corrected chi connectivity index (χ4v) is 3.44. The predicted molar refractivity (Wildman–Crippen MR) is 67.4 cm³/mol. The van der Waals surface area contributed by atoms with Crippen molar-refractivity contribution in [3.8, 4) is 0 Å². The zero-order valence-electron chi connectivity index (χ0n) is 11.9. The van der Waals surface area contributed by atoms with Gasteiger partial charge in [0, 0.05) is 12.0 Å². The second kappa shape index (κ2) is 4.04. The van der Waals surface area contributed by atoms with Crippen LogP contribution in [0.25, 0.3) is 0 Å². The standard InChI is InChI=1S/C14H19NO5/c1-13(2,3)12(18)15-6-14-5-4-7(20-14)8-9(14)11(17)19-10(8)16/h7-9H,4-6H2,1-3H3,(H,15,18). The summed E-state index contributed by atoms with van der Waals surface area (Å²) in [6.07, 6.45) is 1.16. The van der Waals surface area contributed by atoms with Crippen molar-refractivity contribution in [1.82, 2.24) is 5.32 Å². The van der Waals surface area contributed by atoms with E-state index in [1.165, 1.54) is 0 Å². The Balaban J connectivity index is 1.77. The van der Waals surface area contributed by atoms with Gasteiger partial charge in [0.05, 0.1) is 12.0 Å². The van der Waals surface area contributed by atoms with E-state index in [2.05, 4.69) is 5.32 Å². The number of carbonyl (C=O) groups excluding carboxylic acids is 3. The fourth-order valence-electron chi connectivity index (χ4n) is 3.44. The van der Waals surface area contributed by atoms with Crippen LogP contribution in [0.5, 0.6) is 0 Å². The van der Waals surface area contributed by atoms with Gasteiger partial charge in [-0.2, -0.15) is 0 Å². The van der Waals surface area contributed by atoms with E-state index in [4.69, 9.17) is 9.47 Å². The normalized spacial score (nSPS) is 38.9. The molecule has 3 aliphatic heterocycles. The predicted octanol–water partition coefficient (Wildman–Crippen LogP) is 0.396. The van der Waals surface area contributed by atoms with Crippen LogP contribution in [0.3, 0.4) is 0 Å². The highest BCUT2D eigenvalue weighted by Crippen LogP contribution is 2.54. The van der Waals surface area contributed by atoms with Crippen molar-refractivity contribution in [1.29, 1.82) is 0 Å². The van der Waals surface area contributed by atoms with Crippen LogP contribution in [0.4, 0.5) is 0 Å². The van der Waals surface area contributed by atoms with Crippen LogP contribution < -0.4 is 5.32 Å². The second-order valence-corrected chi connectivity index (χ2v) is 6.94. The van der Waals surface area contributed by atoms with Crippen molar-refractivity contribution in [2.75, 3.05) is 6.54 Å². The molecule has 4 unspecified atom stereocenters. The lowest BCUT2D eigenvalue weighted by Crippen LogP contribution is -2.50. The van der Waals surface area contributed by atoms with E-state index in [0.717, 1.165) is 6.42 Å². The Kier molecular flexibility index (Phi) is 2.73. The third-order valence-corrected chi connectivity index (χ3v) is 4.52. The summed E-state index contributed by atoms with van der Waals surface area (Å²) in [6.45, 7) is 5.72. The van der Waals surface area contributed by atoms with E-state index < -0.39 is 34.8 Å². The van der Waals surface area contributed by atoms with Crippen LogP contribution in [-0.4, -0.2) is 36.1 Å². The van der Waals surface area contributed by atoms with Crippen LogP contribution in [0.15, 0.2) is 0 Å². The molecule has 6 nitrogen and oxygen atoms in total. The van der Waals surface area contributed by atoms with E-state index >= 15 is 0 Å². The minimum atomic E-state index is -0.764. The molecule has 20 heavy (non-hydrogen) atoms. The van der Waals surface area contributed by atoms with Crippen molar-refractivity contribution in [2.45, 2.75) is 45.3 Å². The van der Waals surface area contributed by atoms with Crippen molar-refractivity contribution >= 4 is 17.8 Å². The zero-order valence-corrected chi connectivity index (χ0v) is 11.9. The van der Waals surface area contributed by atoms with Gasteiger partial charge >= 0.3 is 11.9 Å². The monoisotopic (exact) mass is 281 g/mol. The van der Waals surface area contributed by atoms with Crippen molar-refractivity contribution in [3.05, 3.63) is 0 Å². The zero-order chi connectivity index (χ0) is 14.7. The largest absolute Gasteiger partial charge is 0.393 e. The van der Waals surface area contributed by atoms with E-state index in [-0.39, 0.29) is 18.6 Å². The molecule has 110 valence electrons. The molecule has 3 rings (SSSR count). The quantitative estimate of drug-likeness (QED) is 0.585. The molecule has 0 aliphatic carbocycles. The third-order valence-electron chi connectivity index (χ3n) is 4.52. The lowest BCUT2D eigenvalue weighted by Gasteiger charge is -2.31. The van der Waals surface area contributed by atoms with Gasteiger partial charge in [-0.3, -0.25) is 14.4 Å². The van der Waals surface area contributed by atoms with Gasteiger partial charge in [0.15, 0.2) is 0 Å². The molecular weight excluding hydrogens is 262 g/mol. The van der Waals surface area contributed by atoms with Gasteiger partial charge in [-0.15, -0.1) is 0 Å². The maximum absolute atomic E-state index is 12.0. The Bertz CT molecular complexity index is 494. The van der Waals surface area contributed by atoms with Crippen molar-refractivity contribution in [3.63, 3.8) is 0 Å². The number of rotatable bonds is 2. The van der Waals surface area contributed by atoms with Crippen LogP contribution in [0.2, 0.25) is 0 Å². The highest BCUT2D eigenvalue weighted by molar-refractivity contribution is 5.98. The Labute approximate surface area is 117 Å². The first-order chi connectivity index (χ1) is 9.24. The summed E-state index contributed by atoms with van der Waals surface area (Å²) in [6, 6.07) is 0. The van der Waals surface area contributed by atoms with Crippen LogP contribution >= 0.6 is 0 Å². The summed E-state index contributed by atoms with van der Waals surface area (Å²) < 4.78 is 10.6. The molecule has 0 aromatic heterocycles. The minimum absolute atomic E-state index is 0.0972. The highest BCUT2D eigenvalue weighted by Gasteiger charge is 2.68. The number of nitrogens with one attached hydrogen (secondary N) is 1. The molecule has 3 saturated heterocycles. The smallest absolute Gasteiger partial charge is 0.320 e. The average Bonchev–Trinajstić information content (AvgIpc) is 2.97. The fraction of sp³-hybridized carbons (Fsp3) is 0.786. The summed E-state index contributed by atoms with van der Waals surface area (Å²) in [5, 5.41) is 2.85. The molecule has 1 N–H and O–H groups in total. The number of hydrogen-bond acceptors (Lipinski definition) is 5. The second-order valence-electron chi connectivity index (χ2n) is 6.94. The lowest BCUT2D eigenvalue weighted by molar-refractivity contribution is -0.159. The molecule has 3 heterocycles. The number of fused-ring (bicyclic) bond motifs is 5. The van der Waals surface area contributed by atoms with E-state index in [1.807, 2.05) is 20.8 Å². The van der Waals surface area contributed by atoms with Crippen molar-refractivity contribution < 1.29 is 23.9 Å². The maximum Gasteiger partial charge on any atom is 0.320 e. The van der Waals surface area contributed by atoms with Crippen LogP contribution in [-0.2, 0) is 23.9 Å². The van der Waals surface area contributed by atoms with Gasteiger partial charge in [0.25, 0.3) is 0 Å². The van der Waals surface area contributed by atoms with Gasteiger partial charge in [0.2, 0.25) is 5.91 Å². The number of cyclic esters (lactones) is 2. The molecular formula is C14H19NO5. The Morgan fingerprint density at radius 3 is 2.70 bits per heavy atom. The Morgan fingerprint density at radius 1 is 1.35 bits per heavy atom.